The lowest BCUT2D eigenvalue weighted by Crippen LogP contribution is -2.39. The van der Waals surface area contributed by atoms with Gasteiger partial charge in [0.25, 0.3) is 0 Å². The minimum Gasteiger partial charge on any atom is -0.381 e. The van der Waals surface area contributed by atoms with Crippen molar-refractivity contribution in [2.75, 3.05) is 26.3 Å². The van der Waals surface area contributed by atoms with E-state index in [0.29, 0.717) is 18.4 Å². The van der Waals surface area contributed by atoms with E-state index in [2.05, 4.69) is 10.6 Å². The number of carbonyl (C=O) groups excluding carboxylic acids is 1. The summed E-state index contributed by atoms with van der Waals surface area (Å²) in [4.78, 5) is 11.7. The van der Waals surface area contributed by atoms with Crippen molar-refractivity contribution in [3.05, 3.63) is 0 Å². The zero-order valence-corrected chi connectivity index (χ0v) is 9.13. The summed E-state index contributed by atoms with van der Waals surface area (Å²) >= 11 is 0. The highest BCUT2D eigenvalue weighted by molar-refractivity contribution is 5.76. The Balaban J connectivity index is 1.66. The van der Waals surface area contributed by atoms with Crippen molar-refractivity contribution in [1.29, 1.82) is 0 Å². The molecule has 2 N–H and O–H groups in total. The number of ether oxygens (including phenoxy) is 1. The van der Waals surface area contributed by atoms with E-state index >= 15 is 0 Å². The standard InChI is InChI=1S/C11H20N2O2/c14-11(7-9-1-4-12-8-9)13-10-2-5-15-6-3-10/h9-10,12H,1-8H2,(H,13,14). The first-order valence-corrected chi connectivity index (χ1v) is 5.92. The van der Waals surface area contributed by atoms with Crippen LogP contribution >= 0.6 is 0 Å². The van der Waals surface area contributed by atoms with Crippen molar-refractivity contribution in [2.45, 2.75) is 31.7 Å². The molecule has 0 aromatic carbocycles. The summed E-state index contributed by atoms with van der Waals surface area (Å²) in [6, 6.07) is 0.348. The summed E-state index contributed by atoms with van der Waals surface area (Å²) in [5.41, 5.74) is 0. The average molecular weight is 212 g/mol. The first-order chi connectivity index (χ1) is 7.34. The third-order valence-electron chi connectivity index (χ3n) is 3.22. The molecule has 86 valence electrons. The molecule has 0 radical (unpaired) electrons. The van der Waals surface area contributed by atoms with E-state index in [1.165, 1.54) is 0 Å². The maximum Gasteiger partial charge on any atom is 0.220 e. The van der Waals surface area contributed by atoms with Gasteiger partial charge in [-0.25, -0.2) is 0 Å². The molecule has 0 spiro atoms. The molecule has 2 fully saturated rings. The Morgan fingerprint density at radius 2 is 2.13 bits per heavy atom. The quantitative estimate of drug-likeness (QED) is 0.706. The number of carbonyl (C=O) groups is 1. The summed E-state index contributed by atoms with van der Waals surface area (Å²) < 4.78 is 5.25. The number of hydrogen-bond donors (Lipinski definition) is 2. The maximum atomic E-state index is 11.7. The van der Waals surface area contributed by atoms with E-state index in [1.807, 2.05) is 0 Å². The molecule has 2 aliphatic rings. The summed E-state index contributed by atoms with van der Waals surface area (Å²) in [5.74, 6) is 0.764. The molecule has 0 aliphatic carbocycles. The Hall–Kier alpha value is -0.610. The van der Waals surface area contributed by atoms with E-state index in [9.17, 15) is 4.79 Å². The van der Waals surface area contributed by atoms with Gasteiger partial charge in [-0.2, -0.15) is 0 Å². The molecule has 4 nitrogen and oxygen atoms in total. The molecule has 0 bridgehead atoms. The van der Waals surface area contributed by atoms with Crippen molar-refractivity contribution in [3.63, 3.8) is 0 Å². The van der Waals surface area contributed by atoms with Crippen LogP contribution in [0.1, 0.15) is 25.7 Å². The lowest BCUT2D eigenvalue weighted by Gasteiger charge is -2.23. The molecule has 0 saturated carbocycles. The van der Waals surface area contributed by atoms with E-state index in [-0.39, 0.29) is 5.91 Å². The second-order valence-electron chi connectivity index (χ2n) is 4.52. The third-order valence-corrected chi connectivity index (χ3v) is 3.22. The zero-order valence-electron chi connectivity index (χ0n) is 9.13. The van der Waals surface area contributed by atoms with Gasteiger partial charge in [0.2, 0.25) is 5.91 Å². The summed E-state index contributed by atoms with van der Waals surface area (Å²) in [6.45, 7) is 3.64. The van der Waals surface area contributed by atoms with Crippen molar-refractivity contribution in [3.8, 4) is 0 Å². The first-order valence-electron chi connectivity index (χ1n) is 5.92. The zero-order chi connectivity index (χ0) is 10.5. The van der Waals surface area contributed by atoms with Crippen LogP contribution in [-0.4, -0.2) is 38.3 Å². The van der Waals surface area contributed by atoms with E-state index in [1.54, 1.807) is 0 Å². The molecule has 1 amide bonds. The van der Waals surface area contributed by atoms with Gasteiger partial charge >= 0.3 is 0 Å². The second kappa shape index (κ2) is 5.47. The van der Waals surface area contributed by atoms with Gasteiger partial charge in [0.15, 0.2) is 0 Å². The Morgan fingerprint density at radius 3 is 2.80 bits per heavy atom. The van der Waals surface area contributed by atoms with Gasteiger partial charge < -0.3 is 15.4 Å². The Bertz CT molecular complexity index is 209. The molecule has 1 unspecified atom stereocenters. The van der Waals surface area contributed by atoms with E-state index in [0.717, 1.165) is 45.6 Å². The smallest absolute Gasteiger partial charge is 0.220 e. The molecular weight excluding hydrogens is 192 g/mol. The first kappa shape index (κ1) is 10.9. The maximum absolute atomic E-state index is 11.7. The molecule has 2 saturated heterocycles. The number of rotatable bonds is 3. The highest BCUT2D eigenvalue weighted by Crippen LogP contribution is 2.13. The molecule has 1 atom stereocenters. The summed E-state index contributed by atoms with van der Waals surface area (Å²) in [5, 5.41) is 6.38. The highest BCUT2D eigenvalue weighted by atomic mass is 16.5. The van der Waals surface area contributed by atoms with Gasteiger partial charge in [-0.05, 0) is 38.3 Å². The van der Waals surface area contributed by atoms with Crippen molar-refractivity contribution >= 4 is 5.91 Å². The van der Waals surface area contributed by atoms with Gasteiger partial charge in [-0.1, -0.05) is 0 Å². The predicted octanol–water partition coefficient (Wildman–Crippen LogP) is 0.281. The largest absolute Gasteiger partial charge is 0.381 e. The lowest BCUT2D eigenvalue weighted by atomic mass is 10.0. The fourth-order valence-electron chi connectivity index (χ4n) is 2.28. The average Bonchev–Trinajstić information content (AvgIpc) is 2.71. The second-order valence-corrected chi connectivity index (χ2v) is 4.52. The predicted molar refractivity (Wildman–Crippen MR) is 57.6 cm³/mol. The molecule has 2 rings (SSSR count). The molecule has 2 heterocycles. The van der Waals surface area contributed by atoms with Crippen LogP contribution in [0.4, 0.5) is 0 Å². The number of hydrogen-bond acceptors (Lipinski definition) is 3. The number of nitrogens with one attached hydrogen (secondary N) is 2. The topological polar surface area (TPSA) is 50.4 Å². The van der Waals surface area contributed by atoms with Crippen LogP contribution in [0.25, 0.3) is 0 Å². The van der Waals surface area contributed by atoms with Crippen LogP contribution in [0.3, 0.4) is 0 Å². The van der Waals surface area contributed by atoms with Crippen LogP contribution in [0.2, 0.25) is 0 Å². The van der Waals surface area contributed by atoms with Gasteiger partial charge in [0.1, 0.15) is 0 Å². The molecule has 4 heteroatoms. The normalized spacial score (nSPS) is 27.9. The summed E-state index contributed by atoms with van der Waals surface area (Å²) in [7, 11) is 0. The monoisotopic (exact) mass is 212 g/mol. The molecule has 0 aromatic heterocycles. The van der Waals surface area contributed by atoms with Crippen molar-refractivity contribution < 1.29 is 9.53 Å². The Morgan fingerprint density at radius 1 is 1.33 bits per heavy atom. The van der Waals surface area contributed by atoms with E-state index in [4.69, 9.17) is 4.74 Å². The Labute approximate surface area is 90.8 Å². The molecule has 0 aromatic rings. The Kier molecular flexibility index (Phi) is 3.97. The van der Waals surface area contributed by atoms with Crippen LogP contribution < -0.4 is 10.6 Å². The fourth-order valence-corrected chi connectivity index (χ4v) is 2.28. The van der Waals surface area contributed by atoms with Gasteiger partial charge in [-0.3, -0.25) is 4.79 Å². The van der Waals surface area contributed by atoms with Crippen LogP contribution in [0.15, 0.2) is 0 Å². The van der Waals surface area contributed by atoms with Crippen LogP contribution in [0.5, 0.6) is 0 Å². The molecule has 15 heavy (non-hydrogen) atoms. The third kappa shape index (κ3) is 3.47. The minimum absolute atomic E-state index is 0.218. The van der Waals surface area contributed by atoms with E-state index < -0.39 is 0 Å². The SMILES string of the molecule is O=C(CC1CCNC1)NC1CCOCC1. The fraction of sp³-hybridized carbons (Fsp3) is 0.909. The van der Waals surface area contributed by atoms with Crippen LogP contribution in [-0.2, 0) is 9.53 Å². The molecular formula is C11H20N2O2. The van der Waals surface area contributed by atoms with Gasteiger partial charge in [0, 0.05) is 25.7 Å². The number of amides is 1. The highest BCUT2D eigenvalue weighted by Gasteiger charge is 2.20. The minimum atomic E-state index is 0.218. The summed E-state index contributed by atoms with van der Waals surface area (Å²) in [6.07, 6.45) is 3.76. The van der Waals surface area contributed by atoms with Gasteiger partial charge in [0.05, 0.1) is 0 Å². The van der Waals surface area contributed by atoms with Gasteiger partial charge in [-0.15, -0.1) is 0 Å². The van der Waals surface area contributed by atoms with Crippen LogP contribution in [0, 0.1) is 5.92 Å². The van der Waals surface area contributed by atoms with Crippen molar-refractivity contribution in [2.24, 2.45) is 5.92 Å². The lowest BCUT2D eigenvalue weighted by molar-refractivity contribution is -0.123. The van der Waals surface area contributed by atoms with Crippen molar-refractivity contribution in [1.82, 2.24) is 10.6 Å². The molecule has 2 aliphatic heterocycles.